The first kappa shape index (κ1) is 11.4. The number of rotatable bonds is 3. The van der Waals surface area contributed by atoms with E-state index in [2.05, 4.69) is 33.0 Å². The van der Waals surface area contributed by atoms with Gasteiger partial charge in [-0.3, -0.25) is 0 Å². The Morgan fingerprint density at radius 2 is 1.80 bits per heavy atom. The molecule has 0 aromatic carbocycles. The summed E-state index contributed by atoms with van der Waals surface area (Å²) in [6, 6.07) is 0.779. The van der Waals surface area contributed by atoms with Gasteiger partial charge in [0.2, 0.25) is 0 Å². The lowest BCUT2D eigenvalue weighted by atomic mass is 9.70. The number of nitrogens with one attached hydrogen (secondary N) is 1. The van der Waals surface area contributed by atoms with E-state index in [0.717, 1.165) is 12.0 Å². The highest BCUT2D eigenvalue weighted by molar-refractivity contribution is 4.93. The van der Waals surface area contributed by atoms with Gasteiger partial charge in [-0.05, 0) is 48.9 Å². The van der Waals surface area contributed by atoms with Crippen molar-refractivity contribution in [3.63, 3.8) is 0 Å². The smallest absolute Gasteiger partial charge is 0.00749 e. The maximum atomic E-state index is 3.81. The van der Waals surface area contributed by atoms with Crippen LogP contribution in [0.1, 0.15) is 59.8 Å². The highest BCUT2D eigenvalue weighted by atomic mass is 14.9. The maximum absolute atomic E-state index is 3.81. The van der Waals surface area contributed by atoms with E-state index < -0.39 is 0 Å². The van der Waals surface area contributed by atoms with Gasteiger partial charge in [-0.2, -0.15) is 0 Å². The molecule has 0 saturated heterocycles. The molecule has 0 aliphatic heterocycles. The third-order valence-corrected chi connectivity index (χ3v) is 4.31. The van der Waals surface area contributed by atoms with E-state index in [9.17, 15) is 0 Å². The Balaban J connectivity index is 1.81. The van der Waals surface area contributed by atoms with Gasteiger partial charge in [-0.25, -0.2) is 0 Å². The molecule has 2 fully saturated rings. The lowest BCUT2D eigenvalue weighted by Gasteiger charge is -2.39. The SMILES string of the molecule is CC1CC(NCC2(C)CC2)CC(C)(C)C1. The molecule has 0 radical (unpaired) electrons. The van der Waals surface area contributed by atoms with Crippen LogP contribution in [0.2, 0.25) is 0 Å². The molecule has 1 N–H and O–H groups in total. The van der Waals surface area contributed by atoms with E-state index >= 15 is 0 Å². The minimum atomic E-state index is 0.555. The molecule has 2 atom stereocenters. The number of hydrogen-bond acceptors (Lipinski definition) is 1. The molecule has 2 saturated carbocycles. The predicted molar refractivity (Wildman–Crippen MR) is 65.9 cm³/mol. The van der Waals surface area contributed by atoms with E-state index in [1.165, 1.54) is 38.6 Å². The molecule has 88 valence electrons. The predicted octanol–water partition coefficient (Wildman–Crippen LogP) is 3.59. The molecule has 2 unspecified atom stereocenters. The summed E-state index contributed by atoms with van der Waals surface area (Å²) in [5.74, 6) is 0.901. The molecule has 1 nitrogen and oxygen atoms in total. The molecular formula is C14H27N. The summed E-state index contributed by atoms with van der Waals surface area (Å²) in [5, 5.41) is 3.81. The van der Waals surface area contributed by atoms with Gasteiger partial charge >= 0.3 is 0 Å². The largest absolute Gasteiger partial charge is 0.313 e. The summed E-state index contributed by atoms with van der Waals surface area (Å²) in [5.41, 5.74) is 1.21. The third-order valence-electron chi connectivity index (χ3n) is 4.31. The first-order valence-electron chi connectivity index (χ1n) is 6.62. The van der Waals surface area contributed by atoms with E-state index in [1.54, 1.807) is 0 Å². The second-order valence-electron chi connectivity index (χ2n) is 7.30. The molecule has 1 heteroatoms. The van der Waals surface area contributed by atoms with Crippen LogP contribution in [0, 0.1) is 16.7 Å². The molecule has 0 bridgehead atoms. The zero-order valence-corrected chi connectivity index (χ0v) is 10.9. The van der Waals surface area contributed by atoms with Crippen LogP contribution in [-0.4, -0.2) is 12.6 Å². The van der Waals surface area contributed by atoms with Gasteiger partial charge in [-0.1, -0.05) is 27.7 Å². The second-order valence-corrected chi connectivity index (χ2v) is 7.30. The molecule has 0 spiro atoms. The van der Waals surface area contributed by atoms with E-state index in [0.29, 0.717) is 10.8 Å². The van der Waals surface area contributed by atoms with Crippen LogP contribution in [0.4, 0.5) is 0 Å². The molecule has 2 aliphatic carbocycles. The van der Waals surface area contributed by atoms with Crippen molar-refractivity contribution < 1.29 is 0 Å². The minimum Gasteiger partial charge on any atom is -0.313 e. The quantitative estimate of drug-likeness (QED) is 0.749. The van der Waals surface area contributed by atoms with Gasteiger partial charge in [0.15, 0.2) is 0 Å². The molecule has 15 heavy (non-hydrogen) atoms. The van der Waals surface area contributed by atoms with E-state index in [-0.39, 0.29) is 0 Å². The van der Waals surface area contributed by atoms with Crippen LogP contribution in [0.3, 0.4) is 0 Å². The zero-order chi connectivity index (χ0) is 11.1. The molecule has 0 aromatic rings. The average Bonchev–Trinajstić information content (AvgIpc) is 2.78. The molecular weight excluding hydrogens is 182 g/mol. The summed E-state index contributed by atoms with van der Waals surface area (Å²) in [6.07, 6.45) is 7.03. The Morgan fingerprint density at radius 3 is 2.33 bits per heavy atom. The number of hydrogen-bond donors (Lipinski definition) is 1. The molecule has 0 aromatic heterocycles. The molecule has 2 aliphatic rings. The summed E-state index contributed by atoms with van der Waals surface area (Å²) < 4.78 is 0. The van der Waals surface area contributed by atoms with E-state index in [1.807, 2.05) is 0 Å². The fourth-order valence-corrected chi connectivity index (χ4v) is 3.28. The van der Waals surface area contributed by atoms with Crippen LogP contribution >= 0.6 is 0 Å². The molecule has 2 rings (SSSR count). The highest BCUT2D eigenvalue weighted by Crippen LogP contribution is 2.45. The third kappa shape index (κ3) is 3.21. The van der Waals surface area contributed by atoms with Gasteiger partial charge in [0, 0.05) is 12.6 Å². The van der Waals surface area contributed by atoms with Crippen molar-refractivity contribution in [1.82, 2.24) is 5.32 Å². The van der Waals surface area contributed by atoms with Crippen molar-refractivity contribution in [2.24, 2.45) is 16.7 Å². The van der Waals surface area contributed by atoms with Crippen LogP contribution < -0.4 is 5.32 Å². The van der Waals surface area contributed by atoms with Crippen molar-refractivity contribution in [2.75, 3.05) is 6.54 Å². The fraction of sp³-hybridized carbons (Fsp3) is 1.00. The standard InChI is InChI=1S/C14H27N/c1-11-7-12(9-13(2,3)8-11)15-10-14(4)5-6-14/h11-12,15H,5-10H2,1-4H3. The Morgan fingerprint density at radius 1 is 1.13 bits per heavy atom. The van der Waals surface area contributed by atoms with Crippen LogP contribution in [0.25, 0.3) is 0 Å². The van der Waals surface area contributed by atoms with Crippen molar-refractivity contribution in [2.45, 2.75) is 65.8 Å². The van der Waals surface area contributed by atoms with Gasteiger partial charge in [0.1, 0.15) is 0 Å². The van der Waals surface area contributed by atoms with Crippen molar-refractivity contribution >= 4 is 0 Å². The maximum Gasteiger partial charge on any atom is 0.00749 e. The van der Waals surface area contributed by atoms with Gasteiger partial charge < -0.3 is 5.32 Å². The first-order chi connectivity index (χ1) is 6.89. The molecule has 0 amide bonds. The summed E-state index contributed by atoms with van der Waals surface area (Å²) in [4.78, 5) is 0. The highest BCUT2D eigenvalue weighted by Gasteiger charge is 2.38. The zero-order valence-electron chi connectivity index (χ0n) is 10.9. The van der Waals surface area contributed by atoms with Gasteiger partial charge in [0.25, 0.3) is 0 Å². The average molecular weight is 209 g/mol. The van der Waals surface area contributed by atoms with Crippen LogP contribution in [-0.2, 0) is 0 Å². The lowest BCUT2D eigenvalue weighted by molar-refractivity contribution is 0.148. The fourth-order valence-electron chi connectivity index (χ4n) is 3.28. The van der Waals surface area contributed by atoms with Gasteiger partial charge in [0.05, 0.1) is 0 Å². The van der Waals surface area contributed by atoms with E-state index in [4.69, 9.17) is 0 Å². The first-order valence-corrected chi connectivity index (χ1v) is 6.62. The normalized spacial score (nSPS) is 37.6. The van der Waals surface area contributed by atoms with Crippen LogP contribution in [0.5, 0.6) is 0 Å². The minimum absolute atomic E-state index is 0.555. The Labute approximate surface area is 95.0 Å². The lowest BCUT2D eigenvalue weighted by Crippen LogP contribution is -2.42. The summed E-state index contributed by atoms with van der Waals surface area (Å²) >= 11 is 0. The topological polar surface area (TPSA) is 12.0 Å². The van der Waals surface area contributed by atoms with Crippen LogP contribution in [0.15, 0.2) is 0 Å². The Hall–Kier alpha value is -0.0400. The Kier molecular flexibility index (Phi) is 2.87. The van der Waals surface area contributed by atoms with Crippen molar-refractivity contribution in [1.29, 1.82) is 0 Å². The summed E-state index contributed by atoms with van der Waals surface area (Å²) in [7, 11) is 0. The van der Waals surface area contributed by atoms with Crippen molar-refractivity contribution in [3.05, 3.63) is 0 Å². The second kappa shape index (κ2) is 3.76. The summed E-state index contributed by atoms with van der Waals surface area (Å²) in [6.45, 7) is 10.9. The molecule has 0 heterocycles. The monoisotopic (exact) mass is 209 g/mol. The van der Waals surface area contributed by atoms with Gasteiger partial charge in [-0.15, -0.1) is 0 Å². The Bertz CT molecular complexity index is 227. The van der Waals surface area contributed by atoms with Crippen molar-refractivity contribution in [3.8, 4) is 0 Å².